The Morgan fingerprint density at radius 1 is 1.25 bits per heavy atom. The van der Waals surface area contributed by atoms with Crippen LogP contribution >= 0.6 is 0 Å². The fourth-order valence-corrected chi connectivity index (χ4v) is 1.83. The standard InChI is InChI=1S/C15H27N3O2/c1-17(2)7-8-18(3)11-14(19)12-20-15-6-4-5-13(9-15)10-16/h4-6,9,14,19H,7-8,10-12,16H2,1-3H3. The van der Waals surface area contributed by atoms with Crippen molar-refractivity contribution < 1.29 is 9.84 Å². The molecule has 114 valence electrons. The quantitative estimate of drug-likeness (QED) is 0.685. The number of ether oxygens (including phenoxy) is 1. The molecule has 5 heteroatoms. The number of likely N-dealkylation sites (N-methyl/N-ethyl adjacent to an activating group) is 2. The number of rotatable bonds is 9. The molecule has 0 spiro atoms. The van der Waals surface area contributed by atoms with E-state index in [2.05, 4.69) is 9.80 Å². The highest BCUT2D eigenvalue weighted by Crippen LogP contribution is 2.13. The van der Waals surface area contributed by atoms with Crippen LogP contribution in [0.15, 0.2) is 24.3 Å². The molecule has 0 amide bonds. The molecule has 0 bridgehead atoms. The molecular weight excluding hydrogens is 254 g/mol. The van der Waals surface area contributed by atoms with E-state index in [1.807, 2.05) is 45.4 Å². The van der Waals surface area contributed by atoms with Gasteiger partial charge in [-0.2, -0.15) is 0 Å². The van der Waals surface area contributed by atoms with Crippen molar-refractivity contribution in [2.45, 2.75) is 12.6 Å². The van der Waals surface area contributed by atoms with Gasteiger partial charge in [0.25, 0.3) is 0 Å². The number of aliphatic hydroxyl groups is 1. The van der Waals surface area contributed by atoms with Gasteiger partial charge in [-0.15, -0.1) is 0 Å². The summed E-state index contributed by atoms with van der Waals surface area (Å²) in [6.07, 6.45) is -0.497. The Labute approximate surface area is 121 Å². The molecule has 0 saturated heterocycles. The molecule has 0 aromatic heterocycles. The van der Waals surface area contributed by atoms with Crippen molar-refractivity contribution in [2.75, 3.05) is 47.4 Å². The molecule has 0 aliphatic carbocycles. The van der Waals surface area contributed by atoms with Crippen LogP contribution in [0.2, 0.25) is 0 Å². The van der Waals surface area contributed by atoms with Crippen LogP contribution in [-0.2, 0) is 6.54 Å². The van der Waals surface area contributed by atoms with Gasteiger partial charge in [0.2, 0.25) is 0 Å². The minimum absolute atomic E-state index is 0.292. The molecule has 1 aromatic carbocycles. The molecule has 0 saturated carbocycles. The minimum Gasteiger partial charge on any atom is -0.491 e. The van der Waals surface area contributed by atoms with Crippen molar-refractivity contribution in [3.05, 3.63) is 29.8 Å². The number of aliphatic hydroxyl groups excluding tert-OH is 1. The average molecular weight is 281 g/mol. The molecule has 1 atom stereocenters. The lowest BCUT2D eigenvalue weighted by molar-refractivity contribution is 0.0745. The third-order valence-corrected chi connectivity index (χ3v) is 3.03. The minimum atomic E-state index is -0.497. The maximum Gasteiger partial charge on any atom is 0.119 e. The van der Waals surface area contributed by atoms with Crippen LogP contribution < -0.4 is 10.5 Å². The van der Waals surface area contributed by atoms with Crippen LogP contribution in [0.4, 0.5) is 0 Å². The fraction of sp³-hybridized carbons (Fsp3) is 0.600. The molecular formula is C15H27N3O2. The van der Waals surface area contributed by atoms with E-state index in [0.717, 1.165) is 24.4 Å². The molecule has 0 fully saturated rings. The second kappa shape index (κ2) is 8.92. The summed E-state index contributed by atoms with van der Waals surface area (Å²) in [6, 6.07) is 7.65. The van der Waals surface area contributed by atoms with E-state index in [9.17, 15) is 5.11 Å². The van der Waals surface area contributed by atoms with Crippen molar-refractivity contribution >= 4 is 0 Å². The van der Waals surface area contributed by atoms with Gasteiger partial charge in [0, 0.05) is 26.2 Å². The lowest BCUT2D eigenvalue weighted by Gasteiger charge is -2.22. The summed E-state index contributed by atoms with van der Waals surface area (Å²) in [5, 5.41) is 9.97. The van der Waals surface area contributed by atoms with Gasteiger partial charge >= 0.3 is 0 Å². The summed E-state index contributed by atoms with van der Waals surface area (Å²) >= 11 is 0. The summed E-state index contributed by atoms with van der Waals surface area (Å²) in [4.78, 5) is 4.22. The van der Waals surface area contributed by atoms with Crippen molar-refractivity contribution in [2.24, 2.45) is 5.73 Å². The predicted molar refractivity (Wildman–Crippen MR) is 81.9 cm³/mol. The Hall–Kier alpha value is -1.14. The van der Waals surface area contributed by atoms with E-state index >= 15 is 0 Å². The number of hydrogen-bond donors (Lipinski definition) is 2. The Balaban J connectivity index is 2.29. The summed E-state index contributed by atoms with van der Waals surface area (Å²) in [7, 11) is 6.08. The van der Waals surface area contributed by atoms with Gasteiger partial charge in [-0.25, -0.2) is 0 Å². The molecule has 1 aromatic rings. The third kappa shape index (κ3) is 6.86. The maximum atomic E-state index is 9.97. The molecule has 0 heterocycles. The normalized spacial score (nSPS) is 12.9. The van der Waals surface area contributed by atoms with E-state index in [0.29, 0.717) is 19.7 Å². The summed E-state index contributed by atoms with van der Waals surface area (Å²) < 4.78 is 5.59. The monoisotopic (exact) mass is 281 g/mol. The largest absolute Gasteiger partial charge is 0.491 e. The molecule has 20 heavy (non-hydrogen) atoms. The highest BCUT2D eigenvalue weighted by atomic mass is 16.5. The molecule has 0 aliphatic rings. The van der Waals surface area contributed by atoms with Crippen molar-refractivity contribution in [1.82, 2.24) is 9.80 Å². The van der Waals surface area contributed by atoms with Gasteiger partial charge in [0.15, 0.2) is 0 Å². The highest BCUT2D eigenvalue weighted by Gasteiger charge is 2.09. The maximum absolute atomic E-state index is 9.97. The van der Waals surface area contributed by atoms with Crippen molar-refractivity contribution in [3.8, 4) is 5.75 Å². The molecule has 3 N–H and O–H groups in total. The third-order valence-electron chi connectivity index (χ3n) is 3.03. The van der Waals surface area contributed by atoms with E-state index in [1.165, 1.54) is 0 Å². The summed E-state index contributed by atoms with van der Waals surface area (Å²) in [5.74, 6) is 0.753. The highest BCUT2D eigenvalue weighted by molar-refractivity contribution is 5.28. The van der Waals surface area contributed by atoms with Crippen LogP contribution in [0.25, 0.3) is 0 Å². The van der Waals surface area contributed by atoms with Gasteiger partial charge in [0.1, 0.15) is 18.5 Å². The summed E-state index contributed by atoms with van der Waals surface area (Å²) in [5.41, 5.74) is 6.61. The zero-order chi connectivity index (χ0) is 15.0. The first-order valence-electron chi connectivity index (χ1n) is 6.94. The van der Waals surface area contributed by atoms with Gasteiger partial charge in [0.05, 0.1) is 0 Å². The number of benzene rings is 1. The summed E-state index contributed by atoms with van der Waals surface area (Å²) in [6.45, 7) is 3.28. The number of nitrogens with two attached hydrogens (primary N) is 1. The molecule has 5 nitrogen and oxygen atoms in total. The topological polar surface area (TPSA) is 62.0 Å². The first-order chi connectivity index (χ1) is 9.51. The predicted octanol–water partition coefficient (Wildman–Crippen LogP) is 0.378. The Kier molecular flexibility index (Phi) is 7.54. The van der Waals surface area contributed by atoms with Gasteiger partial charge in [-0.1, -0.05) is 12.1 Å². The average Bonchev–Trinajstić information content (AvgIpc) is 2.43. The Bertz CT molecular complexity index is 385. The first-order valence-corrected chi connectivity index (χ1v) is 6.94. The second-order valence-corrected chi connectivity index (χ2v) is 5.38. The Morgan fingerprint density at radius 2 is 2.00 bits per heavy atom. The number of nitrogens with zero attached hydrogens (tertiary/aromatic N) is 2. The fourth-order valence-electron chi connectivity index (χ4n) is 1.83. The van der Waals surface area contributed by atoms with E-state index in [-0.39, 0.29) is 0 Å². The zero-order valence-corrected chi connectivity index (χ0v) is 12.7. The molecule has 0 radical (unpaired) electrons. The van der Waals surface area contributed by atoms with E-state index in [1.54, 1.807) is 0 Å². The van der Waals surface area contributed by atoms with Crippen LogP contribution in [0, 0.1) is 0 Å². The number of hydrogen-bond acceptors (Lipinski definition) is 5. The lowest BCUT2D eigenvalue weighted by atomic mass is 10.2. The van der Waals surface area contributed by atoms with Gasteiger partial charge in [-0.05, 0) is 38.8 Å². The van der Waals surface area contributed by atoms with Gasteiger partial charge < -0.3 is 25.4 Å². The molecule has 1 unspecified atom stereocenters. The SMILES string of the molecule is CN(C)CCN(C)CC(O)COc1cccc(CN)c1. The van der Waals surface area contributed by atoms with Crippen molar-refractivity contribution in [3.63, 3.8) is 0 Å². The van der Waals surface area contributed by atoms with E-state index in [4.69, 9.17) is 10.5 Å². The van der Waals surface area contributed by atoms with E-state index < -0.39 is 6.10 Å². The Morgan fingerprint density at radius 3 is 2.65 bits per heavy atom. The molecule has 0 aliphatic heterocycles. The zero-order valence-electron chi connectivity index (χ0n) is 12.7. The van der Waals surface area contributed by atoms with Crippen LogP contribution in [0.5, 0.6) is 5.75 Å². The van der Waals surface area contributed by atoms with Crippen LogP contribution in [-0.4, -0.2) is 68.4 Å². The second-order valence-electron chi connectivity index (χ2n) is 5.38. The van der Waals surface area contributed by atoms with Crippen LogP contribution in [0.1, 0.15) is 5.56 Å². The lowest BCUT2D eigenvalue weighted by Crippen LogP contribution is -2.36. The van der Waals surface area contributed by atoms with Gasteiger partial charge in [-0.3, -0.25) is 0 Å². The van der Waals surface area contributed by atoms with Crippen LogP contribution in [0.3, 0.4) is 0 Å². The smallest absolute Gasteiger partial charge is 0.119 e. The first kappa shape index (κ1) is 16.9. The van der Waals surface area contributed by atoms with Crippen molar-refractivity contribution in [1.29, 1.82) is 0 Å². The molecule has 1 rings (SSSR count).